The molecule has 2 aliphatic rings. The van der Waals surface area contributed by atoms with Crippen molar-refractivity contribution in [3.63, 3.8) is 0 Å². The summed E-state index contributed by atoms with van der Waals surface area (Å²) in [4.78, 5) is 12.2. The first-order valence-corrected chi connectivity index (χ1v) is 11.6. The summed E-state index contributed by atoms with van der Waals surface area (Å²) in [6, 6.07) is 8.29. The lowest BCUT2D eigenvalue weighted by Crippen LogP contribution is -2.30. The first-order chi connectivity index (χ1) is 15.2. The molecule has 2 aromatic heterocycles. The highest BCUT2D eigenvalue weighted by atomic mass is 16.5. The van der Waals surface area contributed by atoms with Crippen molar-refractivity contribution in [1.82, 2.24) is 19.7 Å². The third-order valence-electron chi connectivity index (χ3n) is 6.71. The molecule has 164 valence electrons. The fraction of sp³-hybridized carbons (Fsp3) is 0.542. The van der Waals surface area contributed by atoms with E-state index in [0.29, 0.717) is 0 Å². The quantitative estimate of drug-likeness (QED) is 0.599. The van der Waals surface area contributed by atoms with E-state index < -0.39 is 0 Å². The maximum absolute atomic E-state index is 5.30. The fourth-order valence-corrected chi connectivity index (χ4v) is 4.95. The van der Waals surface area contributed by atoms with Crippen molar-refractivity contribution in [3.05, 3.63) is 35.5 Å². The molecule has 0 amide bonds. The highest BCUT2D eigenvalue weighted by Gasteiger charge is 2.26. The van der Waals surface area contributed by atoms with Gasteiger partial charge in [0.05, 0.1) is 18.2 Å². The molecule has 0 radical (unpaired) electrons. The summed E-state index contributed by atoms with van der Waals surface area (Å²) in [7, 11) is 3.68. The third-order valence-corrected chi connectivity index (χ3v) is 6.71. The molecule has 0 unspecified atom stereocenters. The van der Waals surface area contributed by atoms with Crippen LogP contribution in [0, 0.1) is 5.92 Å². The average Bonchev–Trinajstić information content (AvgIpc) is 2.96. The Morgan fingerprint density at radius 1 is 1.06 bits per heavy atom. The van der Waals surface area contributed by atoms with E-state index in [-0.39, 0.29) is 0 Å². The molecule has 3 aromatic rings. The molecule has 0 saturated heterocycles. The lowest BCUT2D eigenvalue weighted by Gasteiger charge is -2.28. The molecule has 1 saturated carbocycles. The van der Waals surface area contributed by atoms with Gasteiger partial charge in [0, 0.05) is 33.1 Å². The molecule has 5 rings (SSSR count). The van der Waals surface area contributed by atoms with E-state index in [1.54, 1.807) is 7.11 Å². The molecule has 3 heterocycles. The predicted molar refractivity (Wildman–Crippen MR) is 124 cm³/mol. The van der Waals surface area contributed by atoms with Crippen LogP contribution in [0.15, 0.2) is 24.3 Å². The van der Waals surface area contributed by atoms with Gasteiger partial charge >= 0.3 is 0 Å². The van der Waals surface area contributed by atoms with Gasteiger partial charge in [-0.05, 0) is 36.5 Å². The molecule has 1 aliphatic carbocycles. The second-order valence-electron chi connectivity index (χ2n) is 8.90. The normalized spacial score (nSPS) is 17.0. The van der Waals surface area contributed by atoms with E-state index >= 15 is 0 Å². The van der Waals surface area contributed by atoms with Crippen LogP contribution in [-0.2, 0) is 20.0 Å². The minimum atomic E-state index is 0.718. The summed E-state index contributed by atoms with van der Waals surface area (Å²) in [5, 5.41) is 9.39. The number of rotatable bonds is 6. The van der Waals surface area contributed by atoms with Crippen LogP contribution in [0.3, 0.4) is 0 Å². The average molecular weight is 421 g/mol. The van der Waals surface area contributed by atoms with Crippen molar-refractivity contribution in [2.24, 2.45) is 13.0 Å². The van der Waals surface area contributed by atoms with Crippen LogP contribution >= 0.6 is 0 Å². The highest BCUT2D eigenvalue weighted by molar-refractivity contribution is 5.92. The number of ether oxygens (including phenoxy) is 1. The molecule has 1 aromatic carbocycles. The molecule has 0 atom stereocenters. The van der Waals surface area contributed by atoms with Crippen LogP contribution in [0.4, 0.5) is 11.8 Å². The summed E-state index contributed by atoms with van der Waals surface area (Å²) in [5.41, 5.74) is 3.27. The second-order valence-corrected chi connectivity index (χ2v) is 8.90. The molecular weight excluding hydrogens is 388 g/mol. The van der Waals surface area contributed by atoms with Crippen LogP contribution < -0.4 is 15.0 Å². The summed E-state index contributed by atoms with van der Waals surface area (Å²) >= 11 is 0. The van der Waals surface area contributed by atoms with Crippen LogP contribution in [0.1, 0.15) is 49.8 Å². The number of nitrogens with zero attached hydrogens (tertiary/aromatic N) is 5. The zero-order valence-corrected chi connectivity index (χ0v) is 18.6. The largest absolute Gasteiger partial charge is 0.497 e. The summed E-state index contributed by atoms with van der Waals surface area (Å²) < 4.78 is 7.21. The minimum Gasteiger partial charge on any atom is -0.497 e. The van der Waals surface area contributed by atoms with E-state index in [1.807, 2.05) is 23.9 Å². The van der Waals surface area contributed by atoms with E-state index in [9.17, 15) is 0 Å². The van der Waals surface area contributed by atoms with Crippen molar-refractivity contribution in [2.75, 3.05) is 30.4 Å². The monoisotopic (exact) mass is 420 g/mol. The van der Waals surface area contributed by atoms with Gasteiger partial charge in [0.25, 0.3) is 0 Å². The van der Waals surface area contributed by atoms with Crippen molar-refractivity contribution >= 4 is 22.8 Å². The molecule has 1 aliphatic heterocycles. The van der Waals surface area contributed by atoms with E-state index in [4.69, 9.17) is 19.8 Å². The molecule has 1 N–H and O–H groups in total. The lowest BCUT2D eigenvalue weighted by molar-refractivity contribution is 0.414. The fourth-order valence-electron chi connectivity index (χ4n) is 4.95. The third kappa shape index (κ3) is 4.18. The van der Waals surface area contributed by atoms with Crippen molar-refractivity contribution in [2.45, 2.75) is 51.5 Å². The SMILES string of the molecule is COc1ccc(CN2CCc3nn(C)c4nc(NCC5CCCCCC5)nc2c34)cc1. The van der Waals surface area contributed by atoms with Gasteiger partial charge in [-0.1, -0.05) is 37.8 Å². The van der Waals surface area contributed by atoms with Gasteiger partial charge in [0.1, 0.15) is 11.6 Å². The molecule has 31 heavy (non-hydrogen) atoms. The maximum Gasteiger partial charge on any atom is 0.226 e. The lowest BCUT2D eigenvalue weighted by atomic mass is 10.0. The molecule has 0 bridgehead atoms. The number of hydrogen-bond donors (Lipinski definition) is 1. The van der Waals surface area contributed by atoms with Gasteiger partial charge in [-0.15, -0.1) is 0 Å². The number of methoxy groups -OCH3 is 1. The molecule has 7 heteroatoms. The van der Waals surface area contributed by atoms with Gasteiger partial charge in [0.2, 0.25) is 5.95 Å². The Bertz CT molecular complexity index is 1040. The topological polar surface area (TPSA) is 68.1 Å². The van der Waals surface area contributed by atoms with E-state index in [1.165, 1.54) is 44.1 Å². The molecule has 0 spiro atoms. The summed E-state index contributed by atoms with van der Waals surface area (Å²) in [6.45, 7) is 2.67. The Kier molecular flexibility index (Phi) is 5.66. The standard InChI is InChI=1S/C24H32N6O/c1-29-22-21-20(28-29)13-14-30(16-18-9-11-19(31-2)12-10-18)23(21)27-24(26-22)25-15-17-7-5-3-4-6-8-17/h9-12,17H,3-8,13-16H2,1-2H3,(H,25,26,27). The Morgan fingerprint density at radius 3 is 2.58 bits per heavy atom. The van der Waals surface area contributed by atoms with Gasteiger partial charge < -0.3 is 15.0 Å². The first-order valence-electron chi connectivity index (χ1n) is 11.6. The smallest absolute Gasteiger partial charge is 0.226 e. The Hall–Kier alpha value is -2.83. The molecule has 1 fully saturated rings. The number of benzene rings is 1. The van der Waals surface area contributed by atoms with E-state index in [0.717, 1.165) is 66.2 Å². The van der Waals surface area contributed by atoms with Crippen LogP contribution in [0.25, 0.3) is 11.0 Å². The number of anilines is 2. The zero-order valence-electron chi connectivity index (χ0n) is 18.6. The zero-order chi connectivity index (χ0) is 21.2. The highest BCUT2D eigenvalue weighted by Crippen LogP contribution is 2.33. The van der Waals surface area contributed by atoms with Crippen molar-refractivity contribution in [1.29, 1.82) is 0 Å². The Labute approximate surface area is 183 Å². The number of hydrogen-bond acceptors (Lipinski definition) is 6. The summed E-state index contributed by atoms with van der Waals surface area (Å²) in [5.74, 6) is 3.32. The van der Waals surface area contributed by atoms with Crippen LogP contribution in [0.2, 0.25) is 0 Å². The minimum absolute atomic E-state index is 0.718. The number of aromatic nitrogens is 4. The Morgan fingerprint density at radius 2 is 1.84 bits per heavy atom. The van der Waals surface area contributed by atoms with Gasteiger partial charge in [-0.2, -0.15) is 15.1 Å². The van der Waals surface area contributed by atoms with Gasteiger partial charge in [0.15, 0.2) is 5.65 Å². The summed E-state index contributed by atoms with van der Waals surface area (Å²) in [6.07, 6.45) is 8.97. The van der Waals surface area contributed by atoms with E-state index in [2.05, 4.69) is 22.3 Å². The predicted octanol–water partition coefficient (Wildman–Crippen LogP) is 4.32. The number of nitrogens with one attached hydrogen (secondary N) is 1. The second kappa shape index (κ2) is 8.73. The van der Waals surface area contributed by atoms with Gasteiger partial charge in [-0.25, -0.2) is 4.68 Å². The van der Waals surface area contributed by atoms with Crippen LogP contribution in [0.5, 0.6) is 5.75 Å². The molecule has 7 nitrogen and oxygen atoms in total. The van der Waals surface area contributed by atoms with Gasteiger partial charge in [-0.3, -0.25) is 0 Å². The molecular formula is C24H32N6O. The van der Waals surface area contributed by atoms with Crippen molar-refractivity contribution in [3.8, 4) is 5.75 Å². The van der Waals surface area contributed by atoms with Crippen LogP contribution in [-0.4, -0.2) is 39.9 Å². The Balaban J connectivity index is 1.41. The van der Waals surface area contributed by atoms with Crippen molar-refractivity contribution < 1.29 is 4.74 Å². The number of aryl methyl sites for hydroxylation is 1. The maximum atomic E-state index is 5.30. The first kappa shape index (κ1) is 20.1.